The van der Waals surface area contributed by atoms with Crippen molar-refractivity contribution in [2.45, 2.75) is 46.5 Å². The molecule has 0 saturated heterocycles. The zero-order chi connectivity index (χ0) is 11.7. The molecule has 0 amide bonds. The molecule has 0 bridgehead atoms. The van der Waals surface area contributed by atoms with E-state index in [2.05, 4.69) is 20.4 Å². The summed E-state index contributed by atoms with van der Waals surface area (Å²) in [7, 11) is -3.05. The maximum absolute atomic E-state index is 12.1. The average molecular weight is 234 g/mol. The van der Waals surface area contributed by atoms with Crippen LogP contribution in [0.5, 0.6) is 0 Å². The summed E-state index contributed by atoms with van der Waals surface area (Å²) in [5.74, 6) is 0. The van der Waals surface area contributed by atoms with Gasteiger partial charge >= 0.3 is 7.60 Å². The lowest BCUT2D eigenvalue weighted by atomic mass is 10.4. The first-order valence-corrected chi connectivity index (χ1v) is 7.16. The second kappa shape index (κ2) is 8.09. The van der Waals surface area contributed by atoms with E-state index in [9.17, 15) is 4.57 Å². The lowest BCUT2D eigenvalue weighted by Gasteiger charge is -2.18. The molecule has 0 saturated carbocycles. The molecule has 0 heterocycles. The van der Waals surface area contributed by atoms with Crippen molar-refractivity contribution in [3.63, 3.8) is 0 Å². The van der Waals surface area contributed by atoms with Crippen molar-refractivity contribution in [3.8, 4) is 0 Å². The molecule has 0 unspecified atom stereocenters. The molecule has 0 aliphatic carbocycles. The Labute approximate surface area is 93.4 Å². The molecule has 3 nitrogen and oxygen atoms in total. The largest absolute Gasteiger partial charge is 0.356 e. The van der Waals surface area contributed by atoms with E-state index >= 15 is 0 Å². The van der Waals surface area contributed by atoms with Crippen LogP contribution in [0.25, 0.3) is 0 Å². The van der Waals surface area contributed by atoms with Crippen molar-refractivity contribution in [1.29, 1.82) is 0 Å². The molecule has 0 fully saturated rings. The second-order valence-electron chi connectivity index (χ2n) is 3.61. The van der Waals surface area contributed by atoms with Crippen LogP contribution in [-0.2, 0) is 13.6 Å². The van der Waals surface area contributed by atoms with Crippen LogP contribution >= 0.6 is 7.60 Å². The molecule has 15 heavy (non-hydrogen) atoms. The first-order valence-electron chi connectivity index (χ1n) is 5.62. The number of unbranched alkanes of at least 4 members (excludes halogenated alkanes) is 2. The minimum atomic E-state index is -3.05. The van der Waals surface area contributed by atoms with Crippen molar-refractivity contribution in [3.05, 3.63) is 11.9 Å². The molecular formula is C11H23O3P. The first-order chi connectivity index (χ1) is 7.06. The van der Waals surface area contributed by atoms with E-state index in [-0.39, 0.29) is 0 Å². The molecule has 0 radical (unpaired) electrons. The predicted molar refractivity (Wildman–Crippen MR) is 64.1 cm³/mol. The Morgan fingerprint density at radius 3 is 1.80 bits per heavy atom. The van der Waals surface area contributed by atoms with E-state index in [1.807, 2.05) is 0 Å². The normalized spacial score (nSPS) is 11.7. The molecule has 0 spiro atoms. The van der Waals surface area contributed by atoms with Gasteiger partial charge in [-0.2, -0.15) is 0 Å². The lowest BCUT2D eigenvalue weighted by molar-refractivity contribution is 0.205. The maximum Gasteiger partial charge on any atom is 0.356 e. The molecule has 0 aromatic carbocycles. The van der Waals surface area contributed by atoms with Gasteiger partial charge in [0.05, 0.1) is 13.2 Å². The number of hydrogen-bond acceptors (Lipinski definition) is 3. The fourth-order valence-corrected chi connectivity index (χ4v) is 2.17. The molecular weight excluding hydrogens is 211 g/mol. The summed E-state index contributed by atoms with van der Waals surface area (Å²) in [6, 6.07) is 0. The summed E-state index contributed by atoms with van der Waals surface area (Å²) in [5, 5.41) is 0.495. The van der Waals surface area contributed by atoms with E-state index in [1.54, 1.807) is 6.92 Å². The van der Waals surface area contributed by atoms with Gasteiger partial charge in [-0.05, 0) is 19.8 Å². The Balaban J connectivity index is 4.08. The molecule has 4 heteroatoms. The van der Waals surface area contributed by atoms with Crippen LogP contribution in [0, 0.1) is 0 Å². The predicted octanol–water partition coefficient (Wildman–Crippen LogP) is 4.35. The number of allylic oxidation sites excluding steroid dienone is 1. The van der Waals surface area contributed by atoms with Gasteiger partial charge < -0.3 is 9.05 Å². The third kappa shape index (κ3) is 6.14. The van der Waals surface area contributed by atoms with E-state index in [0.29, 0.717) is 18.5 Å². The van der Waals surface area contributed by atoms with Crippen LogP contribution in [0.15, 0.2) is 11.9 Å². The van der Waals surface area contributed by atoms with E-state index < -0.39 is 7.60 Å². The van der Waals surface area contributed by atoms with Gasteiger partial charge in [-0.25, -0.2) is 0 Å². The minimum absolute atomic E-state index is 0.479. The van der Waals surface area contributed by atoms with Gasteiger partial charge in [0.15, 0.2) is 0 Å². The van der Waals surface area contributed by atoms with Crippen LogP contribution < -0.4 is 0 Å². The topological polar surface area (TPSA) is 35.5 Å². The van der Waals surface area contributed by atoms with Crippen LogP contribution in [-0.4, -0.2) is 13.2 Å². The quantitative estimate of drug-likeness (QED) is 0.439. The summed E-state index contributed by atoms with van der Waals surface area (Å²) in [6.07, 6.45) is 3.83. The monoisotopic (exact) mass is 234 g/mol. The third-order valence-electron chi connectivity index (χ3n) is 1.99. The van der Waals surface area contributed by atoms with Crippen molar-refractivity contribution < 1.29 is 13.6 Å². The minimum Gasteiger partial charge on any atom is -0.305 e. The van der Waals surface area contributed by atoms with E-state index in [4.69, 9.17) is 9.05 Å². The summed E-state index contributed by atoms with van der Waals surface area (Å²) >= 11 is 0. The number of rotatable bonds is 9. The Bertz CT molecular complexity index is 212. The third-order valence-corrected chi connectivity index (χ3v) is 3.97. The van der Waals surface area contributed by atoms with E-state index in [0.717, 1.165) is 25.7 Å². The molecule has 0 aromatic rings. The SMILES string of the molecule is C=C(C)P(=O)(OCCCC)OCCCC. The molecule has 0 rings (SSSR count). The molecule has 0 aromatic heterocycles. The van der Waals surface area contributed by atoms with E-state index in [1.165, 1.54) is 0 Å². The average Bonchev–Trinajstić information content (AvgIpc) is 2.18. The summed E-state index contributed by atoms with van der Waals surface area (Å²) in [5.41, 5.74) is 0. The standard InChI is InChI=1S/C11H23O3P/c1-5-7-9-13-15(12,11(3)4)14-10-8-6-2/h3,5-10H2,1-2,4H3. The fourth-order valence-electron chi connectivity index (χ4n) is 0.916. The first kappa shape index (κ1) is 14.9. The zero-order valence-electron chi connectivity index (χ0n) is 10.1. The van der Waals surface area contributed by atoms with Crippen molar-refractivity contribution in [1.82, 2.24) is 0 Å². The summed E-state index contributed by atoms with van der Waals surface area (Å²) in [6.45, 7) is 10.4. The fraction of sp³-hybridized carbons (Fsp3) is 0.818. The number of hydrogen-bond donors (Lipinski definition) is 0. The van der Waals surface area contributed by atoms with Gasteiger partial charge in [-0.3, -0.25) is 4.57 Å². The smallest absolute Gasteiger partial charge is 0.305 e. The van der Waals surface area contributed by atoms with Crippen LogP contribution in [0.4, 0.5) is 0 Å². The van der Waals surface area contributed by atoms with Crippen molar-refractivity contribution in [2.75, 3.05) is 13.2 Å². The lowest BCUT2D eigenvalue weighted by Crippen LogP contribution is -1.99. The van der Waals surface area contributed by atoms with Gasteiger partial charge in [0.25, 0.3) is 0 Å². The Kier molecular flexibility index (Phi) is 8.03. The summed E-state index contributed by atoms with van der Waals surface area (Å²) < 4.78 is 22.7. The van der Waals surface area contributed by atoms with Gasteiger partial charge in [0.1, 0.15) is 0 Å². The Morgan fingerprint density at radius 2 is 1.53 bits per heavy atom. The molecule has 0 aliphatic rings. The molecule has 0 N–H and O–H groups in total. The van der Waals surface area contributed by atoms with Crippen LogP contribution in [0.3, 0.4) is 0 Å². The maximum atomic E-state index is 12.1. The molecule has 0 aliphatic heterocycles. The molecule has 0 atom stereocenters. The Morgan fingerprint density at radius 1 is 1.13 bits per heavy atom. The van der Waals surface area contributed by atoms with Crippen LogP contribution in [0.1, 0.15) is 46.5 Å². The highest BCUT2D eigenvalue weighted by Crippen LogP contribution is 2.55. The van der Waals surface area contributed by atoms with Crippen molar-refractivity contribution >= 4 is 7.60 Å². The zero-order valence-corrected chi connectivity index (χ0v) is 11.0. The van der Waals surface area contributed by atoms with Crippen molar-refractivity contribution in [2.24, 2.45) is 0 Å². The van der Waals surface area contributed by atoms with Crippen LogP contribution in [0.2, 0.25) is 0 Å². The van der Waals surface area contributed by atoms with Gasteiger partial charge in [-0.15, -0.1) is 0 Å². The Hall–Kier alpha value is -0.110. The van der Waals surface area contributed by atoms with Gasteiger partial charge in [0, 0.05) is 5.31 Å². The highest BCUT2D eigenvalue weighted by Gasteiger charge is 2.25. The summed E-state index contributed by atoms with van der Waals surface area (Å²) in [4.78, 5) is 0. The van der Waals surface area contributed by atoms with Gasteiger partial charge in [-0.1, -0.05) is 33.3 Å². The highest BCUT2D eigenvalue weighted by atomic mass is 31.2. The molecule has 90 valence electrons. The van der Waals surface area contributed by atoms with Gasteiger partial charge in [0.2, 0.25) is 0 Å². The highest BCUT2D eigenvalue weighted by molar-refractivity contribution is 7.58. The second-order valence-corrected chi connectivity index (χ2v) is 5.88.